The number of hydrogen-bond donors (Lipinski definition) is 1. The normalized spacial score (nSPS) is 13.8. The van der Waals surface area contributed by atoms with Crippen molar-refractivity contribution in [3.05, 3.63) is 42.0 Å². The van der Waals surface area contributed by atoms with Gasteiger partial charge in [0.2, 0.25) is 5.88 Å². The second kappa shape index (κ2) is 5.28. The molecule has 1 heterocycles. The largest absolute Gasteiger partial charge is 0.480 e. The van der Waals surface area contributed by atoms with Gasteiger partial charge in [0.05, 0.1) is 12.8 Å². The smallest absolute Gasteiger partial charge is 0.251 e. The van der Waals surface area contributed by atoms with Gasteiger partial charge in [-0.2, -0.15) is 0 Å². The second-order valence-corrected chi connectivity index (χ2v) is 4.79. The molecule has 1 saturated carbocycles. The molecule has 5 heteroatoms. The van der Waals surface area contributed by atoms with Gasteiger partial charge >= 0.3 is 0 Å². The number of aromatic nitrogens is 2. The molecule has 1 aliphatic carbocycles. The number of carbonyl (C=O) groups is 1. The fourth-order valence-electron chi connectivity index (χ4n) is 1.90. The molecule has 1 N–H and O–H groups in total. The Morgan fingerprint density at radius 2 is 2.10 bits per heavy atom. The molecule has 0 spiro atoms. The highest BCUT2D eigenvalue weighted by molar-refractivity contribution is 5.95. The van der Waals surface area contributed by atoms with E-state index in [1.165, 1.54) is 0 Å². The van der Waals surface area contributed by atoms with Crippen LogP contribution in [0, 0.1) is 0 Å². The minimum Gasteiger partial charge on any atom is -0.480 e. The van der Waals surface area contributed by atoms with Gasteiger partial charge in [-0.3, -0.25) is 4.79 Å². The van der Waals surface area contributed by atoms with E-state index in [-0.39, 0.29) is 5.91 Å². The lowest BCUT2D eigenvalue weighted by Crippen LogP contribution is -2.25. The highest BCUT2D eigenvalue weighted by Gasteiger charge is 2.23. The number of hydrogen-bond acceptors (Lipinski definition) is 4. The summed E-state index contributed by atoms with van der Waals surface area (Å²) in [5.74, 6) is 0.437. The zero-order chi connectivity index (χ0) is 13.9. The van der Waals surface area contributed by atoms with E-state index < -0.39 is 0 Å². The first-order valence-corrected chi connectivity index (χ1v) is 6.55. The van der Waals surface area contributed by atoms with Crippen LogP contribution < -0.4 is 10.1 Å². The van der Waals surface area contributed by atoms with Gasteiger partial charge in [-0.05, 0) is 31.0 Å². The number of rotatable bonds is 4. The predicted octanol–water partition coefficient (Wildman–Crippen LogP) is 2.04. The van der Waals surface area contributed by atoms with Crippen molar-refractivity contribution >= 4 is 5.91 Å². The van der Waals surface area contributed by atoms with Crippen molar-refractivity contribution in [1.29, 1.82) is 0 Å². The van der Waals surface area contributed by atoms with Gasteiger partial charge in [0.1, 0.15) is 0 Å². The molecule has 0 saturated heterocycles. The Bertz CT molecular complexity index is 621. The minimum atomic E-state index is -0.0316. The molecule has 0 atom stereocenters. The molecule has 5 nitrogen and oxygen atoms in total. The van der Waals surface area contributed by atoms with Crippen molar-refractivity contribution in [3.63, 3.8) is 0 Å². The molecule has 0 aliphatic heterocycles. The van der Waals surface area contributed by atoms with Gasteiger partial charge in [0.25, 0.3) is 5.91 Å². The third kappa shape index (κ3) is 2.77. The van der Waals surface area contributed by atoms with Crippen LogP contribution in [0.5, 0.6) is 5.88 Å². The first kappa shape index (κ1) is 12.6. The summed E-state index contributed by atoms with van der Waals surface area (Å²) in [5.41, 5.74) is 2.22. The molecule has 0 radical (unpaired) electrons. The van der Waals surface area contributed by atoms with E-state index in [0.29, 0.717) is 23.2 Å². The SMILES string of the molecule is COc1ccc(-c2cccc(C(=O)NC3CC3)c2)nn1. The number of ether oxygens (including phenoxy) is 1. The third-order valence-corrected chi connectivity index (χ3v) is 3.18. The van der Waals surface area contributed by atoms with Crippen LogP contribution in [0.25, 0.3) is 11.3 Å². The molecule has 0 unspecified atom stereocenters. The Hall–Kier alpha value is -2.43. The zero-order valence-electron chi connectivity index (χ0n) is 11.2. The van der Waals surface area contributed by atoms with Crippen LogP contribution in [0.1, 0.15) is 23.2 Å². The Morgan fingerprint density at radius 1 is 1.25 bits per heavy atom. The molecule has 1 aliphatic rings. The summed E-state index contributed by atoms with van der Waals surface area (Å²) >= 11 is 0. The standard InChI is InChI=1S/C15H15N3O2/c1-20-14-8-7-13(17-18-14)10-3-2-4-11(9-10)15(19)16-12-5-6-12/h2-4,7-9,12H,5-6H2,1H3,(H,16,19). The average molecular weight is 269 g/mol. The summed E-state index contributed by atoms with van der Waals surface area (Å²) in [6, 6.07) is 11.3. The molecular formula is C15H15N3O2. The quantitative estimate of drug-likeness (QED) is 0.922. The summed E-state index contributed by atoms with van der Waals surface area (Å²) in [6.07, 6.45) is 2.16. The van der Waals surface area contributed by atoms with Crippen molar-refractivity contribution in [3.8, 4) is 17.1 Å². The van der Waals surface area contributed by atoms with E-state index in [1.54, 1.807) is 19.2 Å². The van der Waals surface area contributed by atoms with Gasteiger partial charge < -0.3 is 10.1 Å². The molecule has 1 fully saturated rings. The van der Waals surface area contributed by atoms with Crippen molar-refractivity contribution in [2.45, 2.75) is 18.9 Å². The van der Waals surface area contributed by atoms with Crippen LogP contribution >= 0.6 is 0 Å². The molecule has 1 amide bonds. The van der Waals surface area contributed by atoms with E-state index in [4.69, 9.17) is 4.74 Å². The van der Waals surface area contributed by atoms with Gasteiger partial charge in [-0.15, -0.1) is 10.2 Å². The van der Waals surface area contributed by atoms with Gasteiger partial charge in [-0.1, -0.05) is 12.1 Å². The minimum absolute atomic E-state index is 0.0316. The van der Waals surface area contributed by atoms with Crippen LogP contribution in [0.15, 0.2) is 36.4 Å². The van der Waals surface area contributed by atoms with Crippen LogP contribution in [0.4, 0.5) is 0 Å². The van der Waals surface area contributed by atoms with Crippen molar-refractivity contribution in [2.75, 3.05) is 7.11 Å². The highest BCUT2D eigenvalue weighted by Crippen LogP contribution is 2.21. The Kier molecular flexibility index (Phi) is 3.33. The summed E-state index contributed by atoms with van der Waals surface area (Å²) in [4.78, 5) is 12.0. The van der Waals surface area contributed by atoms with Crippen LogP contribution in [0.3, 0.4) is 0 Å². The van der Waals surface area contributed by atoms with Crippen LogP contribution in [-0.4, -0.2) is 29.3 Å². The van der Waals surface area contributed by atoms with Gasteiger partial charge in [0.15, 0.2) is 0 Å². The van der Waals surface area contributed by atoms with E-state index in [9.17, 15) is 4.79 Å². The fraction of sp³-hybridized carbons (Fsp3) is 0.267. The van der Waals surface area contributed by atoms with Crippen LogP contribution in [0.2, 0.25) is 0 Å². The Balaban J connectivity index is 1.83. The summed E-state index contributed by atoms with van der Waals surface area (Å²) < 4.78 is 4.98. The number of carbonyl (C=O) groups excluding carboxylic acids is 1. The fourth-order valence-corrected chi connectivity index (χ4v) is 1.90. The van der Waals surface area contributed by atoms with E-state index in [2.05, 4.69) is 15.5 Å². The second-order valence-electron chi connectivity index (χ2n) is 4.79. The molecule has 1 aromatic carbocycles. The third-order valence-electron chi connectivity index (χ3n) is 3.18. The number of benzene rings is 1. The predicted molar refractivity (Wildman–Crippen MR) is 74.5 cm³/mol. The van der Waals surface area contributed by atoms with Crippen molar-refractivity contribution in [1.82, 2.24) is 15.5 Å². The van der Waals surface area contributed by atoms with E-state index in [1.807, 2.05) is 24.3 Å². The number of nitrogens with one attached hydrogen (secondary N) is 1. The van der Waals surface area contributed by atoms with Crippen molar-refractivity contribution in [2.24, 2.45) is 0 Å². The number of amides is 1. The summed E-state index contributed by atoms with van der Waals surface area (Å²) in [7, 11) is 1.55. The first-order valence-electron chi connectivity index (χ1n) is 6.55. The lowest BCUT2D eigenvalue weighted by molar-refractivity contribution is 0.0951. The Labute approximate surface area is 117 Å². The van der Waals surface area contributed by atoms with Gasteiger partial charge in [0, 0.05) is 23.2 Å². The molecule has 2 aromatic rings. The molecule has 102 valence electrons. The zero-order valence-corrected chi connectivity index (χ0v) is 11.2. The van der Waals surface area contributed by atoms with E-state index >= 15 is 0 Å². The molecule has 0 bridgehead atoms. The average Bonchev–Trinajstić information content (AvgIpc) is 3.31. The monoisotopic (exact) mass is 269 g/mol. The number of nitrogens with zero attached hydrogens (tertiary/aromatic N) is 2. The van der Waals surface area contributed by atoms with E-state index in [0.717, 1.165) is 18.4 Å². The topological polar surface area (TPSA) is 64.1 Å². The van der Waals surface area contributed by atoms with Gasteiger partial charge in [-0.25, -0.2) is 0 Å². The molecule has 3 rings (SSSR count). The maximum Gasteiger partial charge on any atom is 0.251 e. The maximum absolute atomic E-state index is 12.0. The lowest BCUT2D eigenvalue weighted by Gasteiger charge is -2.06. The maximum atomic E-state index is 12.0. The summed E-state index contributed by atoms with van der Waals surface area (Å²) in [6.45, 7) is 0. The summed E-state index contributed by atoms with van der Waals surface area (Å²) in [5, 5.41) is 11.0. The molecule has 1 aromatic heterocycles. The lowest BCUT2D eigenvalue weighted by atomic mass is 10.1. The molecule has 20 heavy (non-hydrogen) atoms. The first-order chi connectivity index (χ1) is 9.76. The van der Waals surface area contributed by atoms with Crippen molar-refractivity contribution < 1.29 is 9.53 Å². The molecular weight excluding hydrogens is 254 g/mol. The highest BCUT2D eigenvalue weighted by atomic mass is 16.5. The van der Waals surface area contributed by atoms with Crippen LogP contribution in [-0.2, 0) is 0 Å². The Morgan fingerprint density at radius 3 is 2.75 bits per heavy atom. The number of methoxy groups -OCH3 is 1.